The van der Waals surface area contributed by atoms with Gasteiger partial charge in [-0.05, 0) is 37.5 Å². The van der Waals surface area contributed by atoms with E-state index in [1.54, 1.807) is 0 Å². The zero-order valence-corrected chi connectivity index (χ0v) is 10.4. The largest absolute Gasteiger partial charge is 0.379 e. The summed E-state index contributed by atoms with van der Waals surface area (Å²) in [4.78, 5) is 2.62. The van der Waals surface area contributed by atoms with Crippen LogP contribution in [0.25, 0.3) is 0 Å². The summed E-state index contributed by atoms with van der Waals surface area (Å²) in [5.74, 6) is 1.87. The first-order valence-corrected chi connectivity index (χ1v) is 6.47. The highest BCUT2D eigenvalue weighted by molar-refractivity contribution is 4.89. The number of ether oxygens (including phenoxy) is 1. The quantitative estimate of drug-likeness (QED) is 0.711. The van der Waals surface area contributed by atoms with Crippen LogP contribution in [0.5, 0.6) is 0 Å². The molecule has 1 saturated carbocycles. The first-order chi connectivity index (χ1) is 7.20. The van der Waals surface area contributed by atoms with Crippen LogP contribution in [0.15, 0.2) is 0 Å². The maximum Gasteiger partial charge on any atom is 0.0825 e. The van der Waals surface area contributed by atoms with Crippen LogP contribution in [0.1, 0.15) is 39.5 Å². The standard InChI is InChI=1S/C13H25NO/c1-10(2)11-4-6-12(7-5-11)14-8-13(9-14)15-3/h10-13H,4-9H2,1-3H3/t11-,12+. The molecule has 0 aromatic rings. The third-order valence-corrected chi connectivity index (χ3v) is 4.41. The molecular weight excluding hydrogens is 186 g/mol. The van der Waals surface area contributed by atoms with E-state index in [0.29, 0.717) is 6.10 Å². The average Bonchev–Trinajstić information content (AvgIpc) is 2.17. The van der Waals surface area contributed by atoms with Crippen molar-refractivity contribution in [1.29, 1.82) is 0 Å². The van der Waals surface area contributed by atoms with Gasteiger partial charge in [0.15, 0.2) is 0 Å². The minimum atomic E-state index is 0.521. The van der Waals surface area contributed by atoms with Gasteiger partial charge in [-0.3, -0.25) is 4.90 Å². The van der Waals surface area contributed by atoms with Crippen molar-refractivity contribution < 1.29 is 4.74 Å². The van der Waals surface area contributed by atoms with E-state index in [1.807, 2.05) is 7.11 Å². The van der Waals surface area contributed by atoms with E-state index >= 15 is 0 Å². The van der Waals surface area contributed by atoms with Crippen LogP contribution in [0.3, 0.4) is 0 Å². The summed E-state index contributed by atoms with van der Waals surface area (Å²) in [6.45, 7) is 7.09. The molecule has 1 saturated heterocycles. The monoisotopic (exact) mass is 211 g/mol. The second-order valence-corrected chi connectivity index (χ2v) is 5.62. The topological polar surface area (TPSA) is 12.5 Å². The van der Waals surface area contributed by atoms with Crippen molar-refractivity contribution in [3.8, 4) is 0 Å². The fourth-order valence-electron chi connectivity index (χ4n) is 3.05. The molecule has 0 bridgehead atoms. The Morgan fingerprint density at radius 3 is 2.13 bits per heavy atom. The predicted octanol–water partition coefficient (Wildman–Crippen LogP) is 2.53. The van der Waals surface area contributed by atoms with Gasteiger partial charge in [-0.15, -0.1) is 0 Å². The van der Waals surface area contributed by atoms with Gasteiger partial charge in [-0.1, -0.05) is 13.8 Å². The highest BCUT2D eigenvalue weighted by Crippen LogP contribution is 2.33. The van der Waals surface area contributed by atoms with Gasteiger partial charge in [0.1, 0.15) is 0 Å². The SMILES string of the molecule is COC1CN([C@H]2CC[C@@H](C(C)C)CC2)C1. The summed E-state index contributed by atoms with van der Waals surface area (Å²) < 4.78 is 5.32. The zero-order chi connectivity index (χ0) is 10.8. The number of rotatable bonds is 3. The third-order valence-electron chi connectivity index (χ3n) is 4.41. The summed E-state index contributed by atoms with van der Waals surface area (Å²) in [6.07, 6.45) is 6.23. The van der Waals surface area contributed by atoms with Gasteiger partial charge < -0.3 is 4.74 Å². The lowest BCUT2D eigenvalue weighted by Crippen LogP contribution is -2.56. The maximum atomic E-state index is 5.32. The van der Waals surface area contributed by atoms with E-state index < -0.39 is 0 Å². The summed E-state index contributed by atoms with van der Waals surface area (Å²) in [5, 5.41) is 0. The van der Waals surface area contributed by atoms with Gasteiger partial charge in [0, 0.05) is 26.2 Å². The Kier molecular flexibility index (Phi) is 3.68. The van der Waals surface area contributed by atoms with Crippen LogP contribution in [0.2, 0.25) is 0 Å². The molecule has 15 heavy (non-hydrogen) atoms. The van der Waals surface area contributed by atoms with Crippen molar-refractivity contribution in [3.05, 3.63) is 0 Å². The normalized spacial score (nSPS) is 34.4. The molecule has 0 aromatic carbocycles. The molecule has 2 fully saturated rings. The van der Waals surface area contributed by atoms with Gasteiger partial charge >= 0.3 is 0 Å². The molecule has 0 radical (unpaired) electrons. The molecule has 2 nitrogen and oxygen atoms in total. The molecule has 1 aliphatic carbocycles. The van der Waals surface area contributed by atoms with E-state index in [2.05, 4.69) is 18.7 Å². The number of hydrogen-bond acceptors (Lipinski definition) is 2. The molecule has 2 aliphatic rings. The van der Waals surface area contributed by atoms with E-state index in [0.717, 1.165) is 17.9 Å². The highest BCUT2D eigenvalue weighted by Gasteiger charge is 2.34. The fourth-order valence-corrected chi connectivity index (χ4v) is 3.05. The van der Waals surface area contributed by atoms with Crippen molar-refractivity contribution in [2.45, 2.75) is 51.7 Å². The Morgan fingerprint density at radius 1 is 1.07 bits per heavy atom. The first kappa shape index (κ1) is 11.4. The third kappa shape index (κ3) is 2.54. The predicted molar refractivity (Wildman–Crippen MR) is 63.0 cm³/mol. The van der Waals surface area contributed by atoms with Gasteiger partial charge in [0.05, 0.1) is 6.10 Å². The molecular formula is C13H25NO. The number of nitrogens with zero attached hydrogens (tertiary/aromatic N) is 1. The van der Waals surface area contributed by atoms with Gasteiger partial charge in [-0.2, -0.15) is 0 Å². The van der Waals surface area contributed by atoms with Crippen molar-refractivity contribution in [3.63, 3.8) is 0 Å². The molecule has 0 N–H and O–H groups in total. The lowest BCUT2D eigenvalue weighted by molar-refractivity contribution is -0.0606. The van der Waals surface area contributed by atoms with Crippen molar-refractivity contribution in [2.75, 3.05) is 20.2 Å². The van der Waals surface area contributed by atoms with E-state index in [9.17, 15) is 0 Å². The molecule has 2 heteroatoms. The number of hydrogen-bond donors (Lipinski definition) is 0. The van der Waals surface area contributed by atoms with Crippen LogP contribution in [-0.2, 0) is 4.74 Å². The highest BCUT2D eigenvalue weighted by atomic mass is 16.5. The summed E-state index contributed by atoms with van der Waals surface area (Å²) in [7, 11) is 1.83. The first-order valence-electron chi connectivity index (χ1n) is 6.47. The van der Waals surface area contributed by atoms with E-state index in [-0.39, 0.29) is 0 Å². The lowest BCUT2D eigenvalue weighted by Gasteiger charge is -2.46. The van der Waals surface area contributed by atoms with Crippen molar-refractivity contribution >= 4 is 0 Å². The molecule has 0 spiro atoms. The van der Waals surface area contributed by atoms with Crippen LogP contribution < -0.4 is 0 Å². The summed E-state index contributed by atoms with van der Waals surface area (Å²) in [6, 6.07) is 0.867. The lowest BCUT2D eigenvalue weighted by atomic mass is 9.78. The minimum Gasteiger partial charge on any atom is -0.379 e. The second kappa shape index (κ2) is 4.84. The summed E-state index contributed by atoms with van der Waals surface area (Å²) >= 11 is 0. The van der Waals surface area contributed by atoms with Crippen LogP contribution in [0, 0.1) is 11.8 Å². The van der Waals surface area contributed by atoms with Crippen LogP contribution in [0.4, 0.5) is 0 Å². The van der Waals surface area contributed by atoms with Gasteiger partial charge in [0.2, 0.25) is 0 Å². The van der Waals surface area contributed by atoms with Crippen LogP contribution in [-0.4, -0.2) is 37.2 Å². The van der Waals surface area contributed by atoms with E-state index in [1.165, 1.54) is 38.8 Å². The summed E-state index contributed by atoms with van der Waals surface area (Å²) in [5.41, 5.74) is 0. The Labute approximate surface area is 94.0 Å². The Balaban J connectivity index is 1.70. The molecule has 2 rings (SSSR count). The molecule has 0 unspecified atom stereocenters. The van der Waals surface area contributed by atoms with Crippen molar-refractivity contribution in [2.24, 2.45) is 11.8 Å². The number of methoxy groups -OCH3 is 1. The fraction of sp³-hybridized carbons (Fsp3) is 1.00. The zero-order valence-electron chi connectivity index (χ0n) is 10.4. The van der Waals surface area contributed by atoms with Crippen LogP contribution >= 0.6 is 0 Å². The number of likely N-dealkylation sites (tertiary alicyclic amines) is 1. The Hall–Kier alpha value is -0.0800. The smallest absolute Gasteiger partial charge is 0.0825 e. The van der Waals surface area contributed by atoms with Gasteiger partial charge in [0.25, 0.3) is 0 Å². The Bertz CT molecular complexity index is 191. The minimum absolute atomic E-state index is 0.521. The average molecular weight is 211 g/mol. The Morgan fingerprint density at radius 2 is 1.67 bits per heavy atom. The molecule has 0 atom stereocenters. The van der Waals surface area contributed by atoms with Crippen molar-refractivity contribution in [1.82, 2.24) is 4.90 Å². The molecule has 1 aliphatic heterocycles. The molecule has 1 heterocycles. The van der Waals surface area contributed by atoms with Gasteiger partial charge in [-0.25, -0.2) is 0 Å². The van der Waals surface area contributed by atoms with E-state index in [4.69, 9.17) is 4.74 Å². The molecule has 88 valence electrons. The molecule has 0 amide bonds. The maximum absolute atomic E-state index is 5.32. The molecule has 0 aromatic heterocycles. The second-order valence-electron chi connectivity index (χ2n) is 5.62.